The van der Waals surface area contributed by atoms with Crippen LogP contribution in [0, 0.1) is 0 Å². The van der Waals surface area contributed by atoms with Gasteiger partial charge in [-0.25, -0.2) is 0 Å². The summed E-state index contributed by atoms with van der Waals surface area (Å²) in [5.74, 6) is -0.471. The van der Waals surface area contributed by atoms with Gasteiger partial charge in [-0.05, 0) is 23.1 Å². The van der Waals surface area contributed by atoms with Crippen LogP contribution in [0.3, 0.4) is 0 Å². The van der Waals surface area contributed by atoms with E-state index in [-0.39, 0.29) is 6.42 Å². The first-order valence-electron chi connectivity index (χ1n) is 5.26. The number of carbonyl (C=O) groups excluding carboxylic acids is 1. The number of azide groups is 1. The maximum Gasteiger partial charge on any atom is 0.217 e. The number of hydrogen-bond acceptors (Lipinski definition) is 3. The van der Waals surface area contributed by atoms with Gasteiger partial charge in [0, 0.05) is 17.9 Å². The second-order valence-corrected chi connectivity index (χ2v) is 3.75. The van der Waals surface area contributed by atoms with Crippen molar-refractivity contribution in [1.82, 2.24) is 0 Å². The topological polar surface area (TPSA) is 118 Å². The van der Waals surface area contributed by atoms with E-state index in [2.05, 4.69) is 10.0 Å². The molecule has 1 rings (SSSR count). The minimum Gasteiger partial charge on any atom is -0.370 e. The van der Waals surface area contributed by atoms with Gasteiger partial charge in [0.05, 0.1) is 6.04 Å². The minimum atomic E-state index is -0.471. The molecule has 1 atom stereocenters. The van der Waals surface area contributed by atoms with Crippen LogP contribution in [0.15, 0.2) is 29.4 Å². The molecule has 1 aromatic rings. The number of carbonyl (C=O) groups is 1. The van der Waals surface area contributed by atoms with E-state index in [0.29, 0.717) is 13.0 Å². The van der Waals surface area contributed by atoms with Crippen LogP contribution in [0.4, 0.5) is 0 Å². The second-order valence-electron chi connectivity index (χ2n) is 3.75. The molecule has 0 radical (unpaired) electrons. The van der Waals surface area contributed by atoms with E-state index in [4.69, 9.17) is 17.0 Å². The maximum absolute atomic E-state index is 10.8. The van der Waals surface area contributed by atoms with Gasteiger partial charge in [-0.1, -0.05) is 29.4 Å². The van der Waals surface area contributed by atoms with E-state index in [1.54, 1.807) is 0 Å². The molecule has 0 unspecified atom stereocenters. The number of hydrogen-bond donors (Lipinski definition) is 2. The largest absolute Gasteiger partial charge is 0.370 e. The van der Waals surface area contributed by atoms with Crippen LogP contribution in [0.1, 0.15) is 17.5 Å². The smallest absolute Gasteiger partial charge is 0.217 e. The molecule has 6 nitrogen and oxygen atoms in total. The number of nitrogens with zero attached hydrogens (tertiary/aromatic N) is 3. The van der Waals surface area contributed by atoms with Crippen molar-refractivity contribution in [2.75, 3.05) is 0 Å². The van der Waals surface area contributed by atoms with E-state index in [1.165, 1.54) is 0 Å². The molecule has 4 N–H and O–H groups in total. The molecule has 6 heteroatoms. The average molecular weight is 233 g/mol. The predicted molar refractivity (Wildman–Crippen MR) is 64.8 cm³/mol. The highest BCUT2D eigenvalue weighted by Crippen LogP contribution is 2.11. The van der Waals surface area contributed by atoms with Crippen molar-refractivity contribution in [1.29, 1.82) is 0 Å². The fourth-order valence-electron chi connectivity index (χ4n) is 1.54. The van der Waals surface area contributed by atoms with Crippen molar-refractivity contribution < 1.29 is 4.79 Å². The summed E-state index contributed by atoms with van der Waals surface area (Å²) < 4.78 is 0. The average Bonchev–Trinajstić information content (AvgIpc) is 2.29. The lowest BCUT2D eigenvalue weighted by atomic mass is 10.0. The Morgan fingerprint density at radius 1 is 1.35 bits per heavy atom. The fourth-order valence-corrected chi connectivity index (χ4v) is 1.54. The van der Waals surface area contributed by atoms with Crippen LogP contribution in [0.5, 0.6) is 0 Å². The van der Waals surface area contributed by atoms with Gasteiger partial charge in [0.2, 0.25) is 5.91 Å². The molecular formula is C11H15N5O. The number of primary amides is 1. The molecule has 0 bridgehead atoms. The zero-order valence-corrected chi connectivity index (χ0v) is 9.41. The number of amides is 1. The predicted octanol–water partition coefficient (Wildman–Crippen LogP) is 1.24. The van der Waals surface area contributed by atoms with Gasteiger partial charge in [0.1, 0.15) is 0 Å². The zero-order valence-electron chi connectivity index (χ0n) is 9.41. The van der Waals surface area contributed by atoms with Crippen molar-refractivity contribution in [3.8, 4) is 0 Å². The van der Waals surface area contributed by atoms with Crippen LogP contribution in [-0.4, -0.2) is 11.9 Å². The SMILES string of the molecule is [N-]=[N+]=N[C@H](CC(N)=O)Cc1ccc(CN)cc1. The third-order valence-corrected chi connectivity index (χ3v) is 2.38. The summed E-state index contributed by atoms with van der Waals surface area (Å²) in [6.45, 7) is 0.487. The highest BCUT2D eigenvalue weighted by atomic mass is 16.1. The monoisotopic (exact) mass is 233 g/mol. The van der Waals surface area contributed by atoms with Crippen LogP contribution in [-0.2, 0) is 17.8 Å². The van der Waals surface area contributed by atoms with Gasteiger partial charge >= 0.3 is 0 Å². The molecule has 0 spiro atoms. The van der Waals surface area contributed by atoms with Gasteiger partial charge in [-0.15, -0.1) is 0 Å². The Labute approximate surface area is 99.2 Å². The summed E-state index contributed by atoms with van der Waals surface area (Å²) in [5.41, 5.74) is 21.0. The fraction of sp³-hybridized carbons (Fsp3) is 0.364. The molecular weight excluding hydrogens is 218 g/mol. The Morgan fingerprint density at radius 2 is 1.94 bits per heavy atom. The Hall–Kier alpha value is -2.04. The molecule has 0 aliphatic rings. The molecule has 17 heavy (non-hydrogen) atoms. The Balaban J connectivity index is 2.71. The molecule has 1 amide bonds. The lowest BCUT2D eigenvalue weighted by molar-refractivity contribution is -0.118. The van der Waals surface area contributed by atoms with E-state index >= 15 is 0 Å². The number of benzene rings is 1. The molecule has 90 valence electrons. The van der Waals surface area contributed by atoms with Crippen molar-refractivity contribution in [2.45, 2.75) is 25.4 Å². The van der Waals surface area contributed by atoms with Crippen LogP contribution in [0.25, 0.3) is 10.4 Å². The van der Waals surface area contributed by atoms with Crippen LogP contribution in [0.2, 0.25) is 0 Å². The van der Waals surface area contributed by atoms with Gasteiger partial charge < -0.3 is 11.5 Å². The van der Waals surface area contributed by atoms with Crippen LogP contribution < -0.4 is 11.5 Å². The quantitative estimate of drug-likeness (QED) is 0.436. The second kappa shape index (κ2) is 6.52. The zero-order chi connectivity index (χ0) is 12.7. The van der Waals surface area contributed by atoms with Crippen molar-refractivity contribution >= 4 is 5.91 Å². The molecule has 0 fully saturated rings. The highest BCUT2D eigenvalue weighted by molar-refractivity contribution is 5.74. The molecule has 0 saturated carbocycles. The van der Waals surface area contributed by atoms with E-state index in [0.717, 1.165) is 11.1 Å². The Morgan fingerprint density at radius 3 is 2.41 bits per heavy atom. The molecule has 0 aliphatic carbocycles. The first-order chi connectivity index (χ1) is 8.15. The maximum atomic E-state index is 10.8. The summed E-state index contributed by atoms with van der Waals surface area (Å²) in [6.07, 6.45) is 0.556. The van der Waals surface area contributed by atoms with Crippen LogP contribution >= 0.6 is 0 Å². The normalized spacial score (nSPS) is 11.6. The first-order valence-corrected chi connectivity index (χ1v) is 5.26. The van der Waals surface area contributed by atoms with Gasteiger partial charge in [0.25, 0.3) is 0 Å². The lowest BCUT2D eigenvalue weighted by Crippen LogP contribution is -2.20. The highest BCUT2D eigenvalue weighted by Gasteiger charge is 2.10. The first kappa shape index (κ1) is 13.0. The Kier molecular flexibility index (Phi) is 5.00. The van der Waals surface area contributed by atoms with E-state index in [1.807, 2.05) is 24.3 Å². The van der Waals surface area contributed by atoms with Gasteiger partial charge in [-0.2, -0.15) is 0 Å². The third-order valence-electron chi connectivity index (χ3n) is 2.38. The van der Waals surface area contributed by atoms with Gasteiger partial charge in [0.15, 0.2) is 0 Å². The summed E-state index contributed by atoms with van der Waals surface area (Å²) >= 11 is 0. The molecule has 0 heterocycles. The summed E-state index contributed by atoms with van der Waals surface area (Å²) in [6, 6.07) is 7.20. The summed E-state index contributed by atoms with van der Waals surface area (Å²) in [4.78, 5) is 13.5. The van der Waals surface area contributed by atoms with Gasteiger partial charge in [-0.3, -0.25) is 4.79 Å². The van der Waals surface area contributed by atoms with Crippen molar-refractivity contribution in [3.63, 3.8) is 0 Å². The van der Waals surface area contributed by atoms with E-state index in [9.17, 15) is 4.79 Å². The molecule has 0 aliphatic heterocycles. The minimum absolute atomic E-state index is 0.0582. The lowest BCUT2D eigenvalue weighted by Gasteiger charge is -2.09. The number of rotatable bonds is 6. The van der Waals surface area contributed by atoms with E-state index < -0.39 is 11.9 Å². The number of nitrogens with two attached hydrogens (primary N) is 2. The summed E-state index contributed by atoms with van der Waals surface area (Å²) in [7, 11) is 0. The summed E-state index contributed by atoms with van der Waals surface area (Å²) in [5, 5.41) is 3.56. The molecule has 0 saturated heterocycles. The van der Waals surface area contributed by atoms with Crippen molar-refractivity contribution in [2.24, 2.45) is 16.6 Å². The van der Waals surface area contributed by atoms with Crippen molar-refractivity contribution in [3.05, 3.63) is 45.8 Å². The molecule has 1 aromatic carbocycles. The molecule has 0 aromatic heterocycles. The Bertz CT molecular complexity index is 422. The standard InChI is InChI=1S/C11H15N5O/c12-7-9-3-1-8(2-4-9)5-10(15-16-14)6-11(13)17/h1-4,10H,5-7,12H2,(H2,13,17)/t10-/m0/s1. The third kappa shape index (κ3) is 4.55.